The number of nitrogens with one attached hydrogen (secondary N) is 2. The number of ketones is 1. The lowest BCUT2D eigenvalue weighted by Crippen LogP contribution is -2.36. The fraction of sp³-hybridized carbons (Fsp3) is 0.381. The van der Waals surface area contributed by atoms with E-state index in [1.165, 1.54) is 11.8 Å². The number of aromatic nitrogens is 2. The van der Waals surface area contributed by atoms with Crippen LogP contribution in [0.25, 0.3) is 0 Å². The van der Waals surface area contributed by atoms with Gasteiger partial charge in [0.25, 0.3) is 5.56 Å². The number of allylic oxidation sites excluding steroid dienone is 2. The summed E-state index contributed by atoms with van der Waals surface area (Å²) >= 11 is 3.06. The first-order chi connectivity index (χ1) is 13.3. The summed E-state index contributed by atoms with van der Waals surface area (Å²) in [4.78, 5) is 35.9. The number of rotatable bonds is 4. The number of thioether (sulfide) groups is 1. The number of hydrogen-bond donors (Lipinski definition) is 2. The zero-order valence-corrected chi connectivity index (χ0v) is 17.9. The Morgan fingerprint density at radius 3 is 2.82 bits per heavy atom. The van der Waals surface area contributed by atoms with Gasteiger partial charge in [-0.05, 0) is 30.9 Å². The Morgan fingerprint density at radius 1 is 1.36 bits per heavy atom. The summed E-state index contributed by atoms with van der Waals surface area (Å²) in [6.45, 7) is 9.96. The minimum atomic E-state index is -0.358. The van der Waals surface area contributed by atoms with Gasteiger partial charge in [0.2, 0.25) is 0 Å². The molecule has 0 fully saturated rings. The average molecular weight is 414 g/mol. The lowest BCUT2D eigenvalue weighted by Gasteiger charge is -2.38. The molecule has 1 atom stereocenters. The van der Waals surface area contributed by atoms with Gasteiger partial charge in [0.15, 0.2) is 10.9 Å². The van der Waals surface area contributed by atoms with Gasteiger partial charge in [-0.1, -0.05) is 31.7 Å². The van der Waals surface area contributed by atoms with Crippen LogP contribution in [-0.4, -0.2) is 21.5 Å². The van der Waals surface area contributed by atoms with Gasteiger partial charge in [-0.15, -0.1) is 17.9 Å². The molecular formula is C21H23N3O2S2. The Bertz CT molecular complexity index is 1060. The Kier molecular flexibility index (Phi) is 4.83. The van der Waals surface area contributed by atoms with Crippen LogP contribution in [0.3, 0.4) is 0 Å². The molecule has 4 rings (SSSR count). The zero-order valence-electron chi connectivity index (χ0n) is 16.2. The number of H-pyrrole nitrogens is 1. The Balaban J connectivity index is 1.91. The molecule has 0 spiro atoms. The Morgan fingerprint density at radius 2 is 2.14 bits per heavy atom. The molecule has 0 saturated heterocycles. The molecule has 5 nitrogen and oxygen atoms in total. The SMILES string of the molecule is C=CCSc1nc2c(c(=O)[nH]1)[C@H](c1ccc(C)s1)C1=C(CC(C)(C)CC1=O)N2. The second kappa shape index (κ2) is 7.04. The van der Waals surface area contributed by atoms with Crippen LogP contribution in [0.15, 0.2) is 46.0 Å². The summed E-state index contributed by atoms with van der Waals surface area (Å²) in [6.07, 6.45) is 3.03. The van der Waals surface area contributed by atoms with Crippen LogP contribution in [-0.2, 0) is 4.79 Å². The summed E-state index contributed by atoms with van der Waals surface area (Å²) in [5.74, 6) is 0.984. The molecule has 0 aromatic carbocycles. The molecule has 0 saturated carbocycles. The molecule has 0 amide bonds. The summed E-state index contributed by atoms with van der Waals surface area (Å²) < 4.78 is 0. The Hall–Kier alpha value is -2.12. The maximum absolute atomic E-state index is 13.1. The second-order valence-corrected chi connectivity index (χ2v) is 10.4. The van der Waals surface area contributed by atoms with E-state index in [2.05, 4.69) is 35.7 Å². The van der Waals surface area contributed by atoms with Crippen molar-refractivity contribution in [1.29, 1.82) is 0 Å². The highest BCUT2D eigenvalue weighted by Gasteiger charge is 2.42. The highest BCUT2D eigenvalue weighted by molar-refractivity contribution is 7.99. The molecular weight excluding hydrogens is 390 g/mol. The van der Waals surface area contributed by atoms with Gasteiger partial charge in [0, 0.05) is 33.2 Å². The van der Waals surface area contributed by atoms with Crippen molar-refractivity contribution < 1.29 is 4.79 Å². The number of thiophene rings is 1. The van der Waals surface area contributed by atoms with Crippen molar-refractivity contribution in [3.8, 4) is 0 Å². The molecule has 2 aromatic rings. The number of Topliss-reactive ketones (excluding diaryl/α,β-unsaturated/α-hetero) is 1. The molecule has 28 heavy (non-hydrogen) atoms. The number of aromatic amines is 1. The highest BCUT2D eigenvalue weighted by atomic mass is 32.2. The van der Waals surface area contributed by atoms with Crippen LogP contribution < -0.4 is 10.9 Å². The van der Waals surface area contributed by atoms with Crippen LogP contribution in [0.4, 0.5) is 5.82 Å². The standard InChI is InChI=1S/C21H23N3O2S2/c1-5-8-27-20-23-18-17(19(26)24-20)16(14-7-6-11(2)28-14)15-12(22-18)9-21(3,4)10-13(15)25/h5-7,16H,1,8-10H2,2-4H3,(H2,22,23,24,26)/t16-/m1/s1. The largest absolute Gasteiger partial charge is 0.343 e. The van der Waals surface area contributed by atoms with E-state index in [1.54, 1.807) is 17.4 Å². The second-order valence-electron chi connectivity index (χ2n) is 8.07. The minimum absolute atomic E-state index is 0.113. The van der Waals surface area contributed by atoms with E-state index in [4.69, 9.17) is 0 Å². The molecule has 0 unspecified atom stereocenters. The van der Waals surface area contributed by atoms with Gasteiger partial charge in [-0.25, -0.2) is 4.98 Å². The molecule has 7 heteroatoms. The summed E-state index contributed by atoms with van der Waals surface area (Å²) in [6, 6.07) is 4.06. The minimum Gasteiger partial charge on any atom is -0.343 e. The number of fused-ring (bicyclic) bond motifs is 1. The lowest BCUT2D eigenvalue weighted by atomic mass is 9.70. The van der Waals surface area contributed by atoms with Gasteiger partial charge in [0.05, 0.1) is 11.5 Å². The Labute approximate surface area is 172 Å². The summed E-state index contributed by atoms with van der Waals surface area (Å²) in [7, 11) is 0. The normalized spacial score (nSPS) is 20.4. The van der Waals surface area contributed by atoms with Crippen molar-refractivity contribution in [2.75, 3.05) is 11.1 Å². The monoisotopic (exact) mass is 413 g/mol. The van der Waals surface area contributed by atoms with Crippen LogP contribution in [0.5, 0.6) is 0 Å². The van der Waals surface area contributed by atoms with Crippen LogP contribution >= 0.6 is 23.1 Å². The van der Waals surface area contributed by atoms with Crippen molar-refractivity contribution in [3.05, 3.63) is 61.7 Å². The maximum atomic E-state index is 13.1. The predicted octanol–water partition coefficient (Wildman–Crippen LogP) is 4.62. The van der Waals surface area contributed by atoms with Crippen LogP contribution in [0, 0.1) is 12.3 Å². The third kappa shape index (κ3) is 3.37. The zero-order chi connectivity index (χ0) is 20.1. The van der Waals surface area contributed by atoms with Crippen molar-refractivity contribution in [1.82, 2.24) is 9.97 Å². The van der Waals surface area contributed by atoms with E-state index in [9.17, 15) is 9.59 Å². The number of aryl methyl sites for hydroxylation is 1. The molecule has 3 heterocycles. The first-order valence-corrected chi connectivity index (χ1v) is 11.1. The van der Waals surface area contributed by atoms with Crippen molar-refractivity contribution in [2.45, 2.75) is 44.7 Å². The van der Waals surface area contributed by atoms with Gasteiger partial charge in [0.1, 0.15) is 5.82 Å². The molecule has 1 aliphatic heterocycles. The van der Waals surface area contributed by atoms with E-state index in [-0.39, 0.29) is 22.7 Å². The molecule has 0 bridgehead atoms. The predicted molar refractivity (Wildman–Crippen MR) is 115 cm³/mol. The first kappa shape index (κ1) is 19.2. The average Bonchev–Trinajstić information content (AvgIpc) is 3.03. The van der Waals surface area contributed by atoms with Crippen molar-refractivity contribution >= 4 is 34.7 Å². The number of hydrogen-bond acceptors (Lipinski definition) is 6. The molecule has 2 N–H and O–H groups in total. The third-order valence-corrected chi connectivity index (χ3v) is 7.02. The topological polar surface area (TPSA) is 74.8 Å². The third-order valence-electron chi connectivity index (χ3n) is 5.08. The maximum Gasteiger partial charge on any atom is 0.257 e. The fourth-order valence-electron chi connectivity index (χ4n) is 3.99. The summed E-state index contributed by atoms with van der Waals surface area (Å²) in [5, 5.41) is 3.90. The van der Waals surface area contributed by atoms with E-state index in [1.807, 2.05) is 19.1 Å². The smallest absolute Gasteiger partial charge is 0.257 e. The van der Waals surface area contributed by atoms with Gasteiger partial charge in [-0.3, -0.25) is 9.59 Å². The van der Waals surface area contributed by atoms with Gasteiger partial charge < -0.3 is 10.3 Å². The quantitative estimate of drug-likeness (QED) is 0.435. The lowest BCUT2D eigenvalue weighted by molar-refractivity contribution is -0.118. The van der Waals surface area contributed by atoms with Gasteiger partial charge >= 0.3 is 0 Å². The number of carbonyl (C=O) groups is 1. The number of anilines is 1. The van der Waals surface area contributed by atoms with E-state index in [0.29, 0.717) is 28.7 Å². The number of carbonyl (C=O) groups excluding carboxylic acids is 1. The van der Waals surface area contributed by atoms with Crippen molar-refractivity contribution in [3.63, 3.8) is 0 Å². The van der Waals surface area contributed by atoms with Crippen molar-refractivity contribution in [2.24, 2.45) is 5.41 Å². The molecule has 1 aliphatic carbocycles. The molecule has 2 aliphatic rings. The van der Waals surface area contributed by atoms with E-state index >= 15 is 0 Å². The van der Waals surface area contributed by atoms with Crippen LogP contribution in [0.2, 0.25) is 0 Å². The van der Waals surface area contributed by atoms with E-state index in [0.717, 1.165) is 27.4 Å². The highest BCUT2D eigenvalue weighted by Crippen LogP contribution is 2.48. The number of nitrogens with zero attached hydrogens (tertiary/aromatic N) is 1. The summed E-state index contributed by atoms with van der Waals surface area (Å²) in [5.41, 5.74) is 1.87. The first-order valence-electron chi connectivity index (χ1n) is 9.26. The molecule has 0 radical (unpaired) electrons. The molecule has 2 aromatic heterocycles. The van der Waals surface area contributed by atoms with Gasteiger partial charge in [-0.2, -0.15) is 0 Å². The van der Waals surface area contributed by atoms with Crippen LogP contribution in [0.1, 0.15) is 47.9 Å². The molecule has 146 valence electrons. The fourth-order valence-corrected chi connectivity index (χ4v) is 5.59. The van der Waals surface area contributed by atoms with E-state index < -0.39 is 0 Å².